The van der Waals surface area contributed by atoms with Crippen molar-refractivity contribution in [1.82, 2.24) is 4.90 Å². The molecule has 0 atom stereocenters. The summed E-state index contributed by atoms with van der Waals surface area (Å²) in [4.78, 5) is 4.89. The number of hydrogen-bond acceptors (Lipinski definition) is 5. The maximum absolute atomic E-state index is 6.12. The Labute approximate surface area is 178 Å². The van der Waals surface area contributed by atoms with Gasteiger partial charge in [0.1, 0.15) is 5.60 Å². The molecule has 1 saturated heterocycles. The van der Waals surface area contributed by atoms with E-state index in [9.17, 15) is 0 Å². The summed E-state index contributed by atoms with van der Waals surface area (Å²) in [6.07, 6.45) is 1.84. The molecule has 5 nitrogen and oxygen atoms in total. The fraction of sp³-hybridized carbons (Fsp3) is 0.478. The maximum Gasteiger partial charge on any atom is 0.165 e. The van der Waals surface area contributed by atoms with Crippen molar-refractivity contribution in [3.63, 3.8) is 0 Å². The topological polar surface area (TPSA) is 51.0 Å². The molecule has 0 saturated carbocycles. The minimum absolute atomic E-state index is 0.198. The number of nitrogens with zero attached hydrogens (tertiary/aromatic N) is 2. The molecular weight excluding hydrogens is 386 g/mol. The number of halogens is 1. The van der Waals surface area contributed by atoms with Crippen LogP contribution in [0, 0.1) is 0 Å². The summed E-state index contributed by atoms with van der Waals surface area (Å²) in [7, 11) is 0. The van der Waals surface area contributed by atoms with E-state index in [0.717, 1.165) is 73.3 Å². The summed E-state index contributed by atoms with van der Waals surface area (Å²) in [5.74, 6) is 1.63. The number of nitrogens with two attached hydrogens (primary N) is 1. The summed E-state index contributed by atoms with van der Waals surface area (Å²) in [5, 5.41) is 0.794. The third-order valence-corrected chi connectivity index (χ3v) is 5.81. The lowest BCUT2D eigenvalue weighted by Gasteiger charge is -2.36. The van der Waals surface area contributed by atoms with Gasteiger partial charge in [0.25, 0.3) is 0 Å². The molecule has 0 aliphatic carbocycles. The van der Waals surface area contributed by atoms with Gasteiger partial charge in [-0.1, -0.05) is 17.7 Å². The van der Waals surface area contributed by atoms with Crippen LogP contribution in [0.15, 0.2) is 36.4 Å². The van der Waals surface area contributed by atoms with E-state index >= 15 is 0 Å². The standard InChI is InChI=1S/C23H30ClN3O2/c1-23(2)16-17-13-19(25)15-21(22(17)29-23)28-12-4-7-26-8-10-27(11-9-26)20-6-3-5-18(24)14-20/h3,5-6,13-15H,4,7-12,16,25H2,1-2H3. The highest BCUT2D eigenvalue weighted by Gasteiger charge is 2.32. The van der Waals surface area contributed by atoms with Gasteiger partial charge in [-0.3, -0.25) is 4.90 Å². The number of hydrogen-bond donors (Lipinski definition) is 1. The van der Waals surface area contributed by atoms with Crippen LogP contribution in [0.1, 0.15) is 25.8 Å². The van der Waals surface area contributed by atoms with Gasteiger partial charge in [-0.15, -0.1) is 0 Å². The molecule has 156 valence electrons. The Hall–Kier alpha value is -2.11. The van der Waals surface area contributed by atoms with Crippen molar-refractivity contribution in [2.45, 2.75) is 32.3 Å². The summed E-state index contributed by atoms with van der Waals surface area (Å²) in [6, 6.07) is 12.0. The molecule has 0 spiro atoms. The molecule has 2 heterocycles. The lowest BCUT2D eigenvalue weighted by Crippen LogP contribution is -2.46. The van der Waals surface area contributed by atoms with Gasteiger partial charge in [0, 0.05) is 67.2 Å². The monoisotopic (exact) mass is 415 g/mol. The lowest BCUT2D eigenvalue weighted by atomic mass is 10.0. The van der Waals surface area contributed by atoms with Crippen molar-refractivity contribution in [2.75, 3.05) is 50.0 Å². The predicted molar refractivity (Wildman–Crippen MR) is 119 cm³/mol. The minimum Gasteiger partial charge on any atom is -0.490 e. The Bertz CT molecular complexity index is 863. The zero-order valence-electron chi connectivity index (χ0n) is 17.3. The molecule has 0 radical (unpaired) electrons. The lowest BCUT2D eigenvalue weighted by molar-refractivity contribution is 0.131. The number of anilines is 2. The molecule has 2 aliphatic heterocycles. The highest BCUT2D eigenvalue weighted by Crippen LogP contribution is 2.43. The Balaban J connectivity index is 1.23. The number of rotatable bonds is 6. The maximum atomic E-state index is 6.12. The van der Waals surface area contributed by atoms with Gasteiger partial charge in [-0.25, -0.2) is 0 Å². The predicted octanol–water partition coefficient (Wildman–Crippen LogP) is 4.23. The highest BCUT2D eigenvalue weighted by molar-refractivity contribution is 6.30. The second-order valence-corrected chi connectivity index (χ2v) is 8.99. The van der Waals surface area contributed by atoms with E-state index in [2.05, 4.69) is 29.7 Å². The van der Waals surface area contributed by atoms with Gasteiger partial charge < -0.3 is 20.1 Å². The van der Waals surface area contributed by atoms with E-state index in [1.54, 1.807) is 0 Å². The van der Waals surface area contributed by atoms with E-state index in [4.69, 9.17) is 26.8 Å². The molecule has 6 heteroatoms. The Morgan fingerprint density at radius 3 is 2.69 bits per heavy atom. The number of benzene rings is 2. The molecule has 0 bridgehead atoms. The van der Waals surface area contributed by atoms with Crippen LogP contribution >= 0.6 is 11.6 Å². The van der Waals surface area contributed by atoms with Gasteiger partial charge in [0.05, 0.1) is 6.61 Å². The molecule has 0 amide bonds. The summed E-state index contributed by atoms with van der Waals surface area (Å²) in [6.45, 7) is 10.0. The highest BCUT2D eigenvalue weighted by atomic mass is 35.5. The second-order valence-electron chi connectivity index (χ2n) is 8.56. The van der Waals surface area contributed by atoms with Crippen molar-refractivity contribution < 1.29 is 9.47 Å². The van der Waals surface area contributed by atoms with Gasteiger partial charge in [-0.2, -0.15) is 0 Å². The van der Waals surface area contributed by atoms with E-state index < -0.39 is 0 Å². The zero-order chi connectivity index (χ0) is 20.4. The van der Waals surface area contributed by atoms with Crippen molar-refractivity contribution in [3.05, 3.63) is 47.0 Å². The number of piperazine rings is 1. The van der Waals surface area contributed by atoms with Crippen LogP contribution in [0.25, 0.3) is 0 Å². The Morgan fingerprint density at radius 2 is 1.93 bits per heavy atom. The van der Waals surface area contributed by atoms with Gasteiger partial charge in [0.2, 0.25) is 0 Å². The van der Waals surface area contributed by atoms with Crippen molar-refractivity contribution in [2.24, 2.45) is 0 Å². The Kier molecular flexibility index (Phi) is 5.79. The number of ether oxygens (including phenoxy) is 2. The van der Waals surface area contributed by atoms with Gasteiger partial charge >= 0.3 is 0 Å². The first-order chi connectivity index (χ1) is 13.9. The van der Waals surface area contributed by atoms with E-state index in [1.165, 1.54) is 5.69 Å². The first-order valence-corrected chi connectivity index (χ1v) is 10.7. The summed E-state index contributed by atoms with van der Waals surface area (Å²) >= 11 is 6.12. The van der Waals surface area contributed by atoms with Gasteiger partial charge in [-0.05, 0) is 44.5 Å². The van der Waals surface area contributed by atoms with Crippen LogP contribution in [-0.4, -0.2) is 49.8 Å². The zero-order valence-corrected chi connectivity index (χ0v) is 18.0. The first-order valence-electron chi connectivity index (χ1n) is 10.4. The summed E-state index contributed by atoms with van der Waals surface area (Å²) < 4.78 is 12.1. The average Bonchev–Trinajstić information content (AvgIpc) is 2.99. The molecule has 0 aromatic heterocycles. The largest absolute Gasteiger partial charge is 0.490 e. The number of nitrogen functional groups attached to an aromatic ring is 1. The molecule has 2 aromatic carbocycles. The minimum atomic E-state index is -0.198. The third kappa shape index (κ3) is 4.90. The molecular formula is C23H30ClN3O2. The van der Waals surface area contributed by atoms with E-state index in [1.807, 2.05) is 30.3 Å². The second kappa shape index (κ2) is 8.33. The van der Waals surface area contributed by atoms with Crippen LogP contribution in [0.5, 0.6) is 11.5 Å². The number of fused-ring (bicyclic) bond motifs is 1. The summed E-state index contributed by atoms with van der Waals surface area (Å²) in [5.41, 5.74) is 8.94. The fourth-order valence-corrected chi connectivity index (χ4v) is 4.37. The molecule has 2 aliphatic rings. The van der Waals surface area contributed by atoms with E-state index in [0.29, 0.717) is 6.61 Å². The molecule has 2 aromatic rings. The molecule has 29 heavy (non-hydrogen) atoms. The fourth-order valence-electron chi connectivity index (χ4n) is 4.18. The molecule has 2 N–H and O–H groups in total. The SMILES string of the molecule is CC1(C)Cc2cc(N)cc(OCCCN3CCN(c4cccc(Cl)c4)CC3)c2O1. The van der Waals surface area contributed by atoms with Crippen LogP contribution in [0.2, 0.25) is 5.02 Å². The van der Waals surface area contributed by atoms with Crippen molar-refractivity contribution >= 4 is 23.0 Å². The smallest absolute Gasteiger partial charge is 0.165 e. The first kappa shape index (κ1) is 20.2. The van der Waals surface area contributed by atoms with Gasteiger partial charge in [0.15, 0.2) is 11.5 Å². The van der Waals surface area contributed by atoms with Crippen LogP contribution < -0.4 is 20.1 Å². The van der Waals surface area contributed by atoms with E-state index in [-0.39, 0.29) is 5.60 Å². The average molecular weight is 416 g/mol. The quantitative estimate of drug-likeness (QED) is 0.565. The molecule has 4 rings (SSSR count). The Morgan fingerprint density at radius 1 is 1.14 bits per heavy atom. The van der Waals surface area contributed by atoms with Crippen LogP contribution in [0.3, 0.4) is 0 Å². The molecule has 1 fully saturated rings. The third-order valence-electron chi connectivity index (χ3n) is 5.57. The van der Waals surface area contributed by atoms with Crippen LogP contribution in [0.4, 0.5) is 11.4 Å². The van der Waals surface area contributed by atoms with Crippen molar-refractivity contribution in [1.29, 1.82) is 0 Å². The molecule has 0 unspecified atom stereocenters. The normalized spacial score (nSPS) is 18.4. The van der Waals surface area contributed by atoms with Crippen LogP contribution in [-0.2, 0) is 6.42 Å². The van der Waals surface area contributed by atoms with Crippen molar-refractivity contribution in [3.8, 4) is 11.5 Å².